The number of rotatable bonds is 5. The molecule has 0 bridgehead atoms. The minimum Gasteiger partial charge on any atom is -0.395 e. The van der Waals surface area contributed by atoms with Crippen LogP contribution in [0.15, 0.2) is 0 Å². The van der Waals surface area contributed by atoms with Gasteiger partial charge in [-0.25, -0.2) is 0 Å². The fraction of sp³-hybridized carbons (Fsp3) is 1.00. The van der Waals surface area contributed by atoms with Crippen molar-refractivity contribution in [1.82, 2.24) is 10.2 Å². The first-order valence-electron chi connectivity index (χ1n) is 5.67. The number of hydrogen-bond acceptors (Lipinski definition) is 3. The van der Waals surface area contributed by atoms with Gasteiger partial charge in [0.2, 0.25) is 0 Å². The van der Waals surface area contributed by atoms with Crippen molar-refractivity contribution in [1.29, 1.82) is 0 Å². The van der Waals surface area contributed by atoms with Crippen LogP contribution in [-0.2, 0) is 0 Å². The molecule has 0 aromatic rings. The van der Waals surface area contributed by atoms with Crippen LogP contribution in [0, 0.1) is 11.8 Å². The number of hydrogen-bond donors (Lipinski definition) is 2. The second-order valence-electron chi connectivity index (χ2n) is 4.72. The number of aliphatic hydroxyl groups excluding tert-OH is 1. The fourth-order valence-electron chi connectivity index (χ4n) is 2.12. The molecule has 0 saturated carbocycles. The highest BCUT2D eigenvalue weighted by Crippen LogP contribution is 2.23. The van der Waals surface area contributed by atoms with E-state index in [1.807, 2.05) is 7.05 Å². The molecule has 3 nitrogen and oxygen atoms in total. The predicted octanol–water partition coefficient (Wildman–Crippen LogP) is 0.545. The lowest BCUT2D eigenvalue weighted by Crippen LogP contribution is -2.41. The molecule has 1 fully saturated rings. The van der Waals surface area contributed by atoms with Crippen LogP contribution in [-0.4, -0.2) is 49.3 Å². The van der Waals surface area contributed by atoms with E-state index < -0.39 is 0 Å². The summed E-state index contributed by atoms with van der Waals surface area (Å²) in [5.41, 5.74) is 0. The Balaban J connectivity index is 2.28. The minimum absolute atomic E-state index is 0.235. The molecule has 0 spiro atoms. The van der Waals surface area contributed by atoms with Crippen LogP contribution in [0.2, 0.25) is 0 Å². The quantitative estimate of drug-likeness (QED) is 0.680. The summed E-state index contributed by atoms with van der Waals surface area (Å²) in [6, 6.07) is 0.237. The lowest BCUT2D eigenvalue weighted by atomic mass is 9.95. The van der Waals surface area contributed by atoms with E-state index in [1.54, 1.807) is 0 Å². The summed E-state index contributed by atoms with van der Waals surface area (Å²) in [6.07, 6.45) is 1.32. The van der Waals surface area contributed by atoms with E-state index in [9.17, 15) is 0 Å². The average molecular weight is 200 g/mol. The summed E-state index contributed by atoms with van der Waals surface area (Å²) >= 11 is 0. The van der Waals surface area contributed by atoms with Gasteiger partial charge in [0.1, 0.15) is 0 Å². The molecule has 0 amide bonds. The highest BCUT2D eigenvalue weighted by molar-refractivity contribution is 4.80. The summed E-state index contributed by atoms with van der Waals surface area (Å²) in [5, 5.41) is 12.2. The van der Waals surface area contributed by atoms with Gasteiger partial charge in [-0.2, -0.15) is 0 Å². The Morgan fingerprint density at radius 1 is 1.50 bits per heavy atom. The number of likely N-dealkylation sites (N-methyl/N-ethyl adjacent to an activating group) is 1. The van der Waals surface area contributed by atoms with Gasteiger partial charge in [0.25, 0.3) is 0 Å². The zero-order chi connectivity index (χ0) is 10.6. The summed E-state index contributed by atoms with van der Waals surface area (Å²) in [7, 11) is 1.91. The lowest BCUT2D eigenvalue weighted by molar-refractivity contribution is 0.199. The Hall–Kier alpha value is -0.120. The zero-order valence-electron chi connectivity index (χ0n) is 9.66. The molecular formula is C11H24N2O. The summed E-state index contributed by atoms with van der Waals surface area (Å²) < 4.78 is 0. The molecule has 0 radical (unpaired) electrons. The minimum atomic E-state index is 0.235. The van der Waals surface area contributed by atoms with Crippen molar-refractivity contribution in [2.24, 2.45) is 11.8 Å². The van der Waals surface area contributed by atoms with Gasteiger partial charge in [0.15, 0.2) is 0 Å². The molecule has 1 heterocycles. The molecule has 2 N–H and O–H groups in total. The second kappa shape index (κ2) is 5.69. The topological polar surface area (TPSA) is 35.5 Å². The first kappa shape index (κ1) is 12.0. The largest absolute Gasteiger partial charge is 0.395 e. The van der Waals surface area contributed by atoms with Crippen molar-refractivity contribution in [3.05, 3.63) is 0 Å². The van der Waals surface area contributed by atoms with Gasteiger partial charge in [0.05, 0.1) is 6.61 Å². The highest BCUT2D eigenvalue weighted by Gasteiger charge is 2.25. The molecule has 1 aliphatic rings. The van der Waals surface area contributed by atoms with E-state index in [0.717, 1.165) is 18.4 Å². The standard InChI is InChI=1S/C11H24N2O/c1-9(2)10-4-5-13(6-10)7-11(8-14)12-3/h9-12,14H,4-8H2,1-3H3. The Morgan fingerprint density at radius 3 is 2.64 bits per heavy atom. The molecule has 2 unspecified atom stereocenters. The molecule has 1 aliphatic heterocycles. The number of likely N-dealkylation sites (tertiary alicyclic amines) is 1. The molecule has 0 aromatic heterocycles. The van der Waals surface area contributed by atoms with Crippen LogP contribution in [0.4, 0.5) is 0 Å². The molecule has 84 valence electrons. The second-order valence-corrected chi connectivity index (χ2v) is 4.72. The van der Waals surface area contributed by atoms with E-state index in [4.69, 9.17) is 5.11 Å². The molecular weight excluding hydrogens is 176 g/mol. The van der Waals surface area contributed by atoms with E-state index in [1.165, 1.54) is 19.5 Å². The zero-order valence-corrected chi connectivity index (χ0v) is 9.66. The molecule has 0 aliphatic carbocycles. The van der Waals surface area contributed by atoms with Crippen LogP contribution < -0.4 is 5.32 Å². The van der Waals surface area contributed by atoms with E-state index in [0.29, 0.717) is 0 Å². The van der Waals surface area contributed by atoms with E-state index >= 15 is 0 Å². The normalized spacial score (nSPS) is 25.9. The van der Waals surface area contributed by atoms with Crippen molar-refractivity contribution in [3.63, 3.8) is 0 Å². The molecule has 14 heavy (non-hydrogen) atoms. The first-order chi connectivity index (χ1) is 6.67. The van der Waals surface area contributed by atoms with Gasteiger partial charge in [-0.05, 0) is 31.8 Å². The van der Waals surface area contributed by atoms with Gasteiger partial charge in [-0.3, -0.25) is 0 Å². The van der Waals surface area contributed by atoms with Crippen molar-refractivity contribution in [2.75, 3.05) is 33.3 Å². The van der Waals surface area contributed by atoms with Crippen molar-refractivity contribution >= 4 is 0 Å². The number of nitrogens with zero attached hydrogens (tertiary/aromatic N) is 1. The predicted molar refractivity (Wildman–Crippen MR) is 59.3 cm³/mol. The van der Waals surface area contributed by atoms with Crippen molar-refractivity contribution < 1.29 is 5.11 Å². The van der Waals surface area contributed by atoms with Gasteiger partial charge in [-0.1, -0.05) is 13.8 Å². The molecule has 1 rings (SSSR count). The van der Waals surface area contributed by atoms with Crippen LogP contribution >= 0.6 is 0 Å². The van der Waals surface area contributed by atoms with Crippen molar-refractivity contribution in [2.45, 2.75) is 26.3 Å². The van der Waals surface area contributed by atoms with Crippen LogP contribution in [0.1, 0.15) is 20.3 Å². The van der Waals surface area contributed by atoms with E-state index in [2.05, 4.69) is 24.1 Å². The average Bonchev–Trinajstić information content (AvgIpc) is 2.62. The monoisotopic (exact) mass is 200 g/mol. The highest BCUT2D eigenvalue weighted by atomic mass is 16.3. The Labute approximate surface area is 87.5 Å². The number of aliphatic hydroxyl groups is 1. The van der Waals surface area contributed by atoms with E-state index in [-0.39, 0.29) is 12.6 Å². The Kier molecular flexibility index (Phi) is 4.85. The maximum atomic E-state index is 9.07. The summed E-state index contributed by atoms with van der Waals surface area (Å²) in [4.78, 5) is 2.46. The van der Waals surface area contributed by atoms with Gasteiger partial charge < -0.3 is 15.3 Å². The van der Waals surface area contributed by atoms with Crippen molar-refractivity contribution in [3.8, 4) is 0 Å². The molecule has 3 heteroatoms. The Morgan fingerprint density at radius 2 is 2.21 bits per heavy atom. The molecule has 0 aromatic carbocycles. The van der Waals surface area contributed by atoms with Crippen LogP contribution in [0.25, 0.3) is 0 Å². The summed E-state index contributed by atoms with van der Waals surface area (Å²) in [6.45, 7) is 8.22. The first-order valence-corrected chi connectivity index (χ1v) is 5.67. The third-order valence-electron chi connectivity index (χ3n) is 3.36. The van der Waals surface area contributed by atoms with Gasteiger partial charge in [-0.15, -0.1) is 0 Å². The molecule has 1 saturated heterocycles. The Bertz CT molecular complexity index is 157. The van der Waals surface area contributed by atoms with Gasteiger partial charge >= 0.3 is 0 Å². The third kappa shape index (κ3) is 3.23. The smallest absolute Gasteiger partial charge is 0.0597 e. The van der Waals surface area contributed by atoms with Crippen LogP contribution in [0.3, 0.4) is 0 Å². The third-order valence-corrected chi connectivity index (χ3v) is 3.36. The SMILES string of the molecule is CNC(CO)CN1CCC(C(C)C)C1. The number of nitrogens with one attached hydrogen (secondary N) is 1. The maximum Gasteiger partial charge on any atom is 0.0597 e. The maximum absolute atomic E-state index is 9.07. The van der Waals surface area contributed by atoms with Crippen LogP contribution in [0.5, 0.6) is 0 Å². The molecule has 2 atom stereocenters. The summed E-state index contributed by atoms with van der Waals surface area (Å²) in [5.74, 6) is 1.65. The van der Waals surface area contributed by atoms with Gasteiger partial charge in [0, 0.05) is 19.1 Å². The lowest BCUT2D eigenvalue weighted by Gasteiger charge is -2.22. The fourth-order valence-corrected chi connectivity index (χ4v) is 2.12.